The van der Waals surface area contributed by atoms with Gasteiger partial charge in [0.25, 0.3) is 0 Å². The molecule has 3 N–H and O–H groups in total. The predicted octanol–water partition coefficient (Wildman–Crippen LogP) is 1.23. The molecular weight excluding hydrogens is 231 g/mol. The summed E-state index contributed by atoms with van der Waals surface area (Å²) in [6.07, 6.45) is -0.591. The van der Waals surface area contributed by atoms with Gasteiger partial charge in [-0.3, -0.25) is 4.90 Å². The van der Waals surface area contributed by atoms with Crippen LogP contribution in [0.5, 0.6) is 0 Å². The van der Waals surface area contributed by atoms with Crippen LogP contribution < -0.4 is 5.73 Å². The van der Waals surface area contributed by atoms with Crippen LogP contribution in [0, 0.1) is 5.82 Å². The second-order valence-electron chi connectivity index (χ2n) is 3.82. The second kappa shape index (κ2) is 6.15. The lowest BCUT2D eigenvalue weighted by molar-refractivity contribution is 0.129. The van der Waals surface area contributed by atoms with Gasteiger partial charge in [-0.25, -0.2) is 4.39 Å². The average molecular weight is 247 g/mol. The molecular formula is C11H16ClFN2O. The van der Waals surface area contributed by atoms with Gasteiger partial charge in [-0.15, -0.1) is 0 Å². The monoisotopic (exact) mass is 246 g/mol. The number of likely N-dealkylation sites (N-methyl/N-ethyl adjacent to an activating group) is 1. The molecule has 90 valence electrons. The summed E-state index contributed by atoms with van der Waals surface area (Å²) < 4.78 is 13.4. The molecule has 0 saturated carbocycles. The van der Waals surface area contributed by atoms with Crippen molar-refractivity contribution in [3.8, 4) is 0 Å². The van der Waals surface area contributed by atoms with Gasteiger partial charge >= 0.3 is 0 Å². The molecule has 5 heteroatoms. The fourth-order valence-electron chi connectivity index (χ4n) is 1.45. The standard InChI is InChI=1S/C11H16ClFN2O/c1-15(7-10(16)5-14)6-8-4-9(12)2-3-11(8)13/h2-4,10,16H,5-7,14H2,1H3. The van der Waals surface area contributed by atoms with Crippen molar-refractivity contribution in [1.29, 1.82) is 0 Å². The van der Waals surface area contributed by atoms with Crippen LogP contribution in [0.15, 0.2) is 18.2 Å². The van der Waals surface area contributed by atoms with Crippen LogP contribution in [0.4, 0.5) is 4.39 Å². The summed E-state index contributed by atoms with van der Waals surface area (Å²) in [5, 5.41) is 9.85. The van der Waals surface area contributed by atoms with Crippen molar-refractivity contribution in [3.05, 3.63) is 34.6 Å². The van der Waals surface area contributed by atoms with Crippen molar-refractivity contribution in [1.82, 2.24) is 4.90 Å². The summed E-state index contributed by atoms with van der Waals surface area (Å²) >= 11 is 5.78. The SMILES string of the molecule is CN(Cc1cc(Cl)ccc1F)CC(O)CN. The van der Waals surface area contributed by atoms with Crippen LogP contribution in [0.2, 0.25) is 5.02 Å². The van der Waals surface area contributed by atoms with Gasteiger partial charge in [0.05, 0.1) is 6.10 Å². The topological polar surface area (TPSA) is 49.5 Å². The van der Waals surface area contributed by atoms with E-state index in [0.29, 0.717) is 23.7 Å². The molecule has 1 atom stereocenters. The van der Waals surface area contributed by atoms with Crippen molar-refractivity contribution < 1.29 is 9.50 Å². The van der Waals surface area contributed by atoms with E-state index in [-0.39, 0.29) is 12.4 Å². The molecule has 0 fully saturated rings. The lowest BCUT2D eigenvalue weighted by Gasteiger charge is -2.19. The van der Waals surface area contributed by atoms with E-state index < -0.39 is 6.10 Å². The molecule has 1 aromatic carbocycles. The van der Waals surface area contributed by atoms with E-state index in [1.54, 1.807) is 18.0 Å². The molecule has 1 aromatic rings. The highest BCUT2D eigenvalue weighted by molar-refractivity contribution is 6.30. The Morgan fingerprint density at radius 3 is 2.88 bits per heavy atom. The second-order valence-corrected chi connectivity index (χ2v) is 4.26. The summed E-state index contributed by atoms with van der Waals surface area (Å²) in [7, 11) is 1.79. The molecule has 1 unspecified atom stereocenters. The summed E-state index contributed by atoms with van der Waals surface area (Å²) in [5.74, 6) is -0.293. The van der Waals surface area contributed by atoms with Crippen molar-refractivity contribution in [3.63, 3.8) is 0 Å². The molecule has 0 heterocycles. The van der Waals surface area contributed by atoms with E-state index in [9.17, 15) is 9.50 Å². The summed E-state index contributed by atoms with van der Waals surface area (Å²) in [6, 6.07) is 4.43. The first-order chi connectivity index (χ1) is 7.52. The first-order valence-corrected chi connectivity index (χ1v) is 5.41. The fraction of sp³-hybridized carbons (Fsp3) is 0.455. The molecule has 16 heavy (non-hydrogen) atoms. The minimum Gasteiger partial charge on any atom is -0.390 e. The number of nitrogens with two attached hydrogens (primary N) is 1. The first kappa shape index (κ1) is 13.4. The number of nitrogens with zero attached hydrogens (tertiary/aromatic N) is 1. The smallest absolute Gasteiger partial charge is 0.127 e. The van der Waals surface area contributed by atoms with Gasteiger partial charge < -0.3 is 10.8 Å². The molecule has 0 aromatic heterocycles. The zero-order valence-corrected chi connectivity index (χ0v) is 9.91. The number of rotatable bonds is 5. The van der Waals surface area contributed by atoms with Crippen LogP contribution in [-0.2, 0) is 6.54 Å². The number of benzene rings is 1. The molecule has 0 bridgehead atoms. The Morgan fingerprint density at radius 1 is 1.56 bits per heavy atom. The zero-order chi connectivity index (χ0) is 12.1. The Morgan fingerprint density at radius 2 is 2.25 bits per heavy atom. The van der Waals surface area contributed by atoms with Gasteiger partial charge in [0.1, 0.15) is 5.82 Å². The maximum atomic E-state index is 13.4. The molecule has 0 saturated heterocycles. The lowest BCUT2D eigenvalue weighted by atomic mass is 10.2. The zero-order valence-electron chi connectivity index (χ0n) is 9.16. The first-order valence-electron chi connectivity index (χ1n) is 5.03. The van der Waals surface area contributed by atoms with Crippen LogP contribution >= 0.6 is 11.6 Å². The molecule has 0 spiro atoms. The third-order valence-electron chi connectivity index (χ3n) is 2.24. The highest BCUT2D eigenvalue weighted by Gasteiger charge is 2.09. The van der Waals surface area contributed by atoms with Crippen LogP contribution in [-0.4, -0.2) is 36.2 Å². The van der Waals surface area contributed by atoms with Crippen molar-refractivity contribution in [2.45, 2.75) is 12.6 Å². The number of aliphatic hydroxyl groups excluding tert-OH is 1. The van der Waals surface area contributed by atoms with Gasteiger partial charge in [-0.1, -0.05) is 11.6 Å². The quantitative estimate of drug-likeness (QED) is 0.822. The predicted molar refractivity (Wildman–Crippen MR) is 62.8 cm³/mol. The van der Waals surface area contributed by atoms with Crippen LogP contribution in [0.25, 0.3) is 0 Å². The number of halogens is 2. The molecule has 0 aliphatic rings. The lowest BCUT2D eigenvalue weighted by Crippen LogP contribution is -2.33. The van der Waals surface area contributed by atoms with E-state index in [4.69, 9.17) is 17.3 Å². The largest absolute Gasteiger partial charge is 0.390 e. The third-order valence-corrected chi connectivity index (χ3v) is 2.48. The van der Waals surface area contributed by atoms with E-state index in [1.165, 1.54) is 12.1 Å². The molecule has 0 amide bonds. The summed E-state index contributed by atoms with van der Waals surface area (Å²) in [4.78, 5) is 1.80. The number of hydrogen-bond acceptors (Lipinski definition) is 3. The van der Waals surface area contributed by atoms with Crippen LogP contribution in [0.3, 0.4) is 0 Å². The molecule has 0 aliphatic carbocycles. The Hall–Kier alpha value is -0.680. The van der Waals surface area contributed by atoms with Crippen molar-refractivity contribution >= 4 is 11.6 Å². The Balaban J connectivity index is 2.61. The normalized spacial score (nSPS) is 13.1. The van der Waals surface area contributed by atoms with Crippen molar-refractivity contribution in [2.24, 2.45) is 5.73 Å². The minimum absolute atomic E-state index is 0.197. The van der Waals surface area contributed by atoms with Gasteiger partial charge in [-0.2, -0.15) is 0 Å². The fourth-order valence-corrected chi connectivity index (χ4v) is 1.65. The van der Waals surface area contributed by atoms with Gasteiger partial charge in [0.15, 0.2) is 0 Å². The third kappa shape index (κ3) is 4.06. The maximum absolute atomic E-state index is 13.4. The van der Waals surface area contributed by atoms with E-state index in [0.717, 1.165) is 0 Å². The molecule has 0 radical (unpaired) electrons. The highest BCUT2D eigenvalue weighted by atomic mass is 35.5. The minimum atomic E-state index is -0.591. The van der Waals surface area contributed by atoms with Gasteiger partial charge in [0.2, 0.25) is 0 Å². The summed E-state index contributed by atoms with van der Waals surface area (Å²) in [5.41, 5.74) is 5.81. The number of hydrogen-bond donors (Lipinski definition) is 2. The Kier molecular flexibility index (Phi) is 5.15. The molecule has 0 aliphatic heterocycles. The maximum Gasteiger partial charge on any atom is 0.127 e. The Labute approximate surface area is 99.6 Å². The van der Waals surface area contributed by atoms with E-state index in [2.05, 4.69) is 0 Å². The van der Waals surface area contributed by atoms with Gasteiger partial charge in [-0.05, 0) is 25.2 Å². The summed E-state index contributed by atoms with van der Waals surface area (Å²) in [6.45, 7) is 0.994. The number of aliphatic hydroxyl groups is 1. The van der Waals surface area contributed by atoms with Gasteiger partial charge in [0, 0.05) is 30.2 Å². The van der Waals surface area contributed by atoms with Crippen LogP contribution in [0.1, 0.15) is 5.56 Å². The molecule has 3 nitrogen and oxygen atoms in total. The Bertz CT molecular complexity index is 349. The van der Waals surface area contributed by atoms with Crippen molar-refractivity contribution in [2.75, 3.05) is 20.1 Å². The van der Waals surface area contributed by atoms with E-state index >= 15 is 0 Å². The average Bonchev–Trinajstić information content (AvgIpc) is 2.23. The van der Waals surface area contributed by atoms with E-state index in [1.807, 2.05) is 0 Å². The molecule has 1 rings (SSSR count). The highest BCUT2D eigenvalue weighted by Crippen LogP contribution is 2.16.